The topological polar surface area (TPSA) is 27.7 Å². The van der Waals surface area contributed by atoms with E-state index in [-0.39, 0.29) is 14.5 Å². The van der Waals surface area contributed by atoms with Crippen LogP contribution in [0.5, 0.6) is 0 Å². The molecule has 4 rings (SSSR count). The van der Waals surface area contributed by atoms with Crippen molar-refractivity contribution in [3.63, 3.8) is 0 Å². The van der Waals surface area contributed by atoms with Gasteiger partial charge < -0.3 is 0 Å². The molecule has 3 heteroatoms. The summed E-state index contributed by atoms with van der Waals surface area (Å²) in [5.74, 6) is 0. The fraction of sp³-hybridized carbons (Fsp3) is 0.182. The Morgan fingerprint density at radius 1 is 1.16 bits per heavy atom. The summed E-state index contributed by atoms with van der Waals surface area (Å²) in [6.07, 6.45) is 0. The Morgan fingerprint density at radius 3 is 2.76 bits per heavy atom. The number of fused-ring (bicyclic) bond motifs is 3. The molecule has 0 aliphatic heterocycles. The van der Waals surface area contributed by atoms with Gasteiger partial charge in [0, 0.05) is 0 Å². The predicted octanol–water partition coefficient (Wildman–Crippen LogP) is 4.34. The van der Waals surface area contributed by atoms with Crippen molar-refractivity contribution in [1.29, 1.82) is 5.26 Å². The van der Waals surface area contributed by atoms with Crippen molar-refractivity contribution in [2.75, 3.05) is 0 Å². The molecule has 0 fully saturated rings. The van der Waals surface area contributed by atoms with E-state index in [1.807, 2.05) is 26.1 Å². The molecule has 2 nitrogen and oxygen atoms in total. The maximum atomic E-state index is 9.57. The van der Waals surface area contributed by atoms with E-state index in [9.17, 15) is 5.26 Å². The van der Waals surface area contributed by atoms with E-state index < -0.39 is 6.85 Å². The normalized spacial score (nSPS) is 13.4. The summed E-state index contributed by atoms with van der Waals surface area (Å²) in [5.41, 5.74) is 5.08. The summed E-state index contributed by atoms with van der Waals surface area (Å²) >= 11 is 0.0653. The van der Waals surface area contributed by atoms with Crippen LogP contribution in [0.3, 0.4) is 0 Å². The Labute approximate surface area is 157 Å². The van der Waals surface area contributed by atoms with E-state index in [0.29, 0.717) is 11.1 Å². The number of pyridine rings is 1. The molecule has 0 aliphatic carbocycles. The zero-order valence-corrected chi connectivity index (χ0v) is 16.1. The van der Waals surface area contributed by atoms with Crippen LogP contribution in [0.1, 0.15) is 26.5 Å². The van der Waals surface area contributed by atoms with Crippen LogP contribution in [0.15, 0.2) is 42.5 Å². The zero-order chi connectivity index (χ0) is 20.2. The van der Waals surface area contributed by atoms with Crippen LogP contribution < -0.4 is 4.57 Å². The van der Waals surface area contributed by atoms with E-state index >= 15 is 0 Å². The molecule has 122 valence electrons. The third-order valence-corrected chi connectivity index (χ3v) is 7.29. The average molecular weight is 393 g/mol. The van der Waals surface area contributed by atoms with Gasteiger partial charge in [0.1, 0.15) is 0 Å². The van der Waals surface area contributed by atoms with E-state index in [1.54, 1.807) is 12.1 Å². The third kappa shape index (κ3) is 2.42. The van der Waals surface area contributed by atoms with Gasteiger partial charge in [0.15, 0.2) is 0 Å². The van der Waals surface area contributed by atoms with Gasteiger partial charge in [-0.25, -0.2) is 0 Å². The molecule has 0 radical (unpaired) electrons. The number of hydrogen-bond acceptors (Lipinski definition) is 1. The minimum absolute atomic E-state index is 0.0653. The molecule has 0 saturated heterocycles. The molecule has 25 heavy (non-hydrogen) atoms. The summed E-state index contributed by atoms with van der Waals surface area (Å²) in [6.45, 7) is 1.85. The van der Waals surface area contributed by atoms with Crippen molar-refractivity contribution in [2.45, 2.75) is 20.7 Å². The molecule has 0 saturated carbocycles. The summed E-state index contributed by atoms with van der Waals surface area (Å²) in [4.78, 5) is 0. The molecule has 2 aromatic heterocycles. The van der Waals surface area contributed by atoms with Gasteiger partial charge in [-0.2, -0.15) is 0 Å². The Morgan fingerprint density at radius 2 is 2.00 bits per heavy atom. The van der Waals surface area contributed by atoms with Gasteiger partial charge in [0.25, 0.3) is 0 Å². The van der Waals surface area contributed by atoms with Gasteiger partial charge in [-0.15, -0.1) is 0 Å². The number of nitriles is 1. The third-order valence-electron chi connectivity index (χ3n) is 4.80. The van der Waals surface area contributed by atoms with E-state index in [4.69, 9.17) is 4.11 Å². The molecule has 0 atom stereocenters. The molecule has 2 aromatic carbocycles. The number of hydrogen-bond donors (Lipinski definition) is 0. The first-order chi connectivity index (χ1) is 13.2. The van der Waals surface area contributed by atoms with Crippen LogP contribution in [0.25, 0.3) is 30.6 Å². The second-order valence-electron chi connectivity index (χ2n) is 6.36. The van der Waals surface area contributed by atoms with Crippen molar-refractivity contribution >= 4 is 33.8 Å². The van der Waals surface area contributed by atoms with Gasteiger partial charge in [-0.1, -0.05) is 0 Å². The Bertz CT molecular complexity index is 1290. The molecule has 0 aliphatic rings. The molecule has 0 N–H and O–H groups in total. The van der Waals surface area contributed by atoms with Crippen molar-refractivity contribution in [2.24, 2.45) is 7.05 Å². The summed E-state index contributed by atoms with van der Waals surface area (Å²) in [5, 5.41) is 11.7. The van der Waals surface area contributed by atoms with Gasteiger partial charge in [-0.05, 0) is 0 Å². The molecular weight excluding hydrogens is 371 g/mol. The quantitative estimate of drug-likeness (QED) is 0.349. The molecule has 0 amide bonds. The Kier molecular flexibility index (Phi) is 3.01. The van der Waals surface area contributed by atoms with E-state index in [0.717, 1.165) is 33.3 Å². The van der Waals surface area contributed by atoms with Crippen molar-refractivity contribution in [1.82, 2.24) is 0 Å². The standard InChI is InChI=1S/C22H19N2Se/c1-13-10-15(3)24(4)18(11-13)20-14(2)8-9-17-21-16(12-23)6-5-7-19(21)25-22(17)20/h5-11H,1-4H3/q+1/i1D3. The SMILES string of the molecule is [2H]C([2H])([2H])c1cc(C)[n+](C)c(-c2c(C)ccc3c2[se]c2cccc(C#N)c23)c1. The molecule has 2 heterocycles. The van der Waals surface area contributed by atoms with Crippen LogP contribution in [0.4, 0.5) is 0 Å². The Balaban J connectivity index is 2.15. The number of nitrogens with zero attached hydrogens (tertiary/aromatic N) is 2. The number of aryl methyl sites for hydroxylation is 3. The second-order valence-corrected chi connectivity index (χ2v) is 8.56. The fourth-order valence-electron chi connectivity index (χ4n) is 3.44. The number of rotatable bonds is 1. The van der Waals surface area contributed by atoms with Gasteiger partial charge in [0.05, 0.1) is 0 Å². The van der Waals surface area contributed by atoms with Gasteiger partial charge in [0.2, 0.25) is 0 Å². The maximum absolute atomic E-state index is 9.57. The van der Waals surface area contributed by atoms with Crippen LogP contribution >= 0.6 is 0 Å². The Hall–Kier alpha value is -2.40. The molecule has 0 spiro atoms. The van der Waals surface area contributed by atoms with Crippen molar-refractivity contribution in [3.8, 4) is 17.3 Å². The first kappa shape index (κ1) is 12.9. The van der Waals surface area contributed by atoms with E-state index in [2.05, 4.69) is 35.8 Å². The zero-order valence-electron chi connectivity index (χ0n) is 17.3. The molecule has 0 unspecified atom stereocenters. The summed E-state index contributed by atoms with van der Waals surface area (Å²) in [7, 11) is 1.97. The average Bonchev–Trinajstić information content (AvgIpc) is 3.02. The van der Waals surface area contributed by atoms with Crippen molar-refractivity contribution < 1.29 is 8.68 Å². The monoisotopic (exact) mass is 394 g/mol. The predicted molar refractivity (Wildman–Crippen MR) is 104 cm³/mol. The first-order valence-corrected chi connectivity index (χ1v) is 9.80. The first-order valence-electron chi connectivity index (χ1n) is 9.59. The van der Waals surface area contributed by atoms with Crippen LogP contribution in [-0.4, -0.2) is 14.5 Å². The van der Waals surface area contributed by atoms with Gasteiger partial charge >= 0.3 is 158 Å². The van der Waals surface area contributed by atoms with Crippen LogP contribution in [0, 0.1) is 32.0 Å². The van der Waals surface area contributed by atoms with Gasteiger partial charge in [-0.3, -0.25) is 0 Å². The van der Waals surface area contributed by atoms with Crippen molar-refractivity contribution in [3.05, 3.63) is 64.8 Å². The van der Waals surface area contributed by atoms with Crippen LogP contribution in [0.2, 0.25) is 0 Å². The summed E-state index contributed by atoms with van der Waals surface area (Å²) in [6, 6.07) is 15.9. The molecule has 4 aromatic rings. The second kappa shape index (κ2) is 5.84. The fourth-order valence-corrected chi connectivity index (χ4v) is 6.24. The minimum atomic E-state index is -2.15. The molecule has 0 bridgehead atoms. The van der Waals surface area contributed by atoms with E-state index in [1.165, 1.54) is 8.52 Å². The number of benzene rings is 2. The number of aromatic nitrogens is 1. The molecular formula is C22H19N2Se+. The summed E-state index contributed by atoms with van der Waals surface area (Å²) < 4.78 is 28.1. The van der Waals surface area contributed by atoms with Crippen LogP contribution in [-0.2, 0) is 7.05 Å².